The molecule has 0 aliphatic heterocycles. The normalized spacial score (nSPS) is 13.1. The molecule has 5 nitrogen and oxygen atoms in total. The van der Waals surface area contributed by atoms with Crippen molar-refractivity contribution in [2.75, 3.05) is 18.1 Å². The van der Waals surface area contributed by atoms with Gasteiger partial charge < -0.3 is 15.8 Å². The molecule has 1 aromatic heterocycles. The van der Waals surface area contributed by atoms with Crippen LogP contribution in [0, 0.1) is 0 Å². The number of hydrogen-bond donors (Lipinski definition) is 2. The zero-order chi connectivity index (χ0) is 13.2. The van der Waals surface area contributed by atoms with Gasteiger partial charge in [0, 0.05) is 13.1 Å². The third kappa shape index (κ3) is 2.45. The number of nitrogens with zero attached hydrogens (tertiary/aromatic N) is 2. The van der Waals surface area contributed by atoms with E-state index in [0.29, 0.717) is 11.7 Å². The van der Waals surface area contributed by atoms with Crippen LogP contribution in [0.4, 0.5) is 11.8 Å². The molecule has 3 rings (SSSR count). The highest BCUT2D eigenvalue weighted by Crippen LogP contribution is 2.29. The monoisotopic (exact) mass is 256 g/mol. The van der Waals surface area contributed by atoms with Crippen LogP contribution in [-0.2, 0) is 12.8 Å². The van der Waals surface area contributed by atoms with Gasteiger partial charge in [-0.05, 0) is 42.5 Å². The average molecular weight is 256 g/mol. The number of anilines is 2. The molecule has 0 spiro atoms. The molecule has 98 valence electrons. The molecule has 1 aliphatic carbocycles. The summed E-state index contributed by atoms with van der Waals surface area (Å²) in [5.41, 5.74) is 8.43. The van der Waals surface area contributed by atoms with Gasteiger partial charge in [0.2, 0.25) is 11.8 Å². The summed E-state index contributed by atoms with van der Waals surface area (Å²) in [6, 6.07) is 7.91. The molecule has 0 radical (unpaired) electrons. The van der Waals surface area contributed by atoms with E-state index in [1.165, 1.54) is 24.0 Å². The van der Waals surface area contributed by atoms with Gasteiger partial charge in [0.1, 0.15) is 11.6 Å². The first-order valence-corrected chi connectivity index (χ1v) is 6.36. The van der Waals surface area contributed by atoms with Gasteiger partial charge in [-0.25, -0.2) is 0 Å². The fourth-order valence-corrected chi connectivity index (χ4v) is 2.36. The Bertz CT molecular complexity index is 612. The van der Waals surface area contributed by atoms with Crippen LogP contribution in [0.5, 0.6) is 11.6 Å². The maximum absolute atomic E-state index is 5.76. The minimum atomic E-state index is 0.197. The molecule has 1 aliphatic rings. The number of nitrogens with two attached hydrogens (primary N) is 1. The lowest BCUT2D eigenvalue weighted by Gasteiger charge is -2.08. The van der Waals surface area contributed by atoms with E-state index in [2.05, 4.69) is 27.4 Å². The lowest BCUT2D eigenvalue weighted by Crippen LogP contribution is -2.01. The van der Waals surface area contributed by atoms with Crippen LogP contribution in [0.1, 0.15) is 17.5 Å². The minimum Gasteiger partial charge on any atom is -0.439 e. The van der Waals surface area contributed by atoms with Gasteiger partial charge in [-0.15, -0.1) is 0 Å². The van der Waals surface area contributed by atoms with E-state index in [4.69, 9.17) is 10.5 Å². The standard InChI is InChI=1S/C14H16N4O/c1-16-12-8-13(18-14(15)17-12)19-11-6-5-9-3-2-4-10(9)7-11/h5-8H,2-4H2,1H3,(H3,15,16,17,18). The Labute approximate surface area is 111 Å². The molecule has 0 saturated heterocycles. The predicted octanol–water partition coefficient (Wildman–Crippen LogP) is 2.38. The van der Waals surface area contributed by atoms with Crippen LogP contribution in [0.3, 0.4) is 0 Å². The van der Waals surface area contributed by atoms with Crippen LogP contribution in [-0.4, -0.2) is 17.0 Å². The van der Waals surface area contributed by atoms with E-state index in [1.54, 1.807) is 13.1 Å². The molecule has 0 saturated carbocycles. The molecule has 0 atom stereocenters. The molecule has 5 heteroatoms. The SMILES string of the molecule is CNc1cc(Oc2ccc3c(c2)CCC3)nc(N)n1. The molecule has 0 amide bonds. The number of fused-ring (bicyclic) bond motifs is 1. The fourth-order valence-electron chi connectivity index (χ4n) is 2.36. The first kappa shape index (κ1) is 11.8. The Morgan fingerprint density at radius 2 is 2.00 bits per heavy atom. The first-order valence-electron chi connectivity index (χ1n) is 6.36. The Morgan fingerprint density at radius 1 is 1.16 bits per heavy atom. The minimum absolute atomic E-state index is 0.197. The molecule has 0 bridgehead atoms. The second-order valence-electron chi connectivity index (χ2n) is 4.59. The number of ether oxygens (including phenoxy) is 1. The predicted molar refractivity (Wildman–Crippen MR) is 74.5 cm³/mol. The summed E-state index contributed by atoms with van der Waals surface area (Å²) in [5, 5.41) is 2.92. The third-order valence-electron chi connectivity index (χ3n) is 3.27. The lowest BCUT2D eigenvalue weighted by atomic mass is 10.1. The summed E-state index contributed by atoms with van der Waals surface area (Å²) in [5.74, 6) is 2.09. The molecule has 3 N–H and O–H groups in total. The maximum Gasteiger partial charge on any atom is 0.226 e. The number of hydrogen-bond acceptors (Lipinski definition) is 5. The second-order valence-corrected chi connectivity index (χ2v) is 4.59. The van der Waals surface area contributed by atoms with Crippen molar-refractivity contribution in [3.8, 4) is 11.6 Å². The molecular weight excluding hydrogens is 240 g/mol. The van der Waals surface area contributed by atoms with E-state index in [0.717, 1.165) is 12.2 Å². The molecule has 0 fully saturated rings. The Hall–Kier alpha value is -2.30. The zero-order valence-electron chi connectivity index (χ0n) is 10.8. The summed E-state index contributed by atoms with van der Waals surface area (Å²) in [7, 11) is 1.78. The van der Waals surface area contributed by atoms with Crippen molar-refractivity contribution in [2.45, 2.75) is 19.3 Å². The molecule has 1 heterocycles. The number of nitrogen functional groups attached to an aromatic ring is 1. The van der Waals surface area contributed by atoms with E-state index in [-0.39, 0.29) is 5.95 Å². The molecule has 0 unspecified atom stereocenters. The van der Waals surface area contributed by atoms with E-state index < -0.39 is 0 Å². The average Bonchev–Trinajstić information content (AvgIpc) is 2.85. The van der Waals surface area contributed by atoms with Crippen molar-refractivity contribution in [1.29, 1.82) is 0 Å². The van der Waals surface area contributed by atoms with Gasteiger partial charge in [0.15, 0.2) is 0 Å². The lowest BCUT2D eigenvalue weighted by molar-refractivity contribution is 0.462. The highest BCUT2D eigenvalue weighted by atomic mass is 16.5. The number of nitrogens with one attached hydrogen (secondary N) is 1. The van der Waals surface area contributed by atoms with Gasteiger partial charge in [-0.2, -0.15) is 9.97 Å². The highest BCUT2D eigenvalue weighted by Gasteiger charge is 2.12. The van der Waals surface area contributed by atoms with Gasteiger partial charge in [0.05, 0.1) is 0 Å². The number of benzene rings is 1. The van der Waals surface area contributed by atoms with Crippen molar-refractivity contribution in [1.82, 2.24) is 9.97 Å². The van der Waals surface area contributed by atoms with Crippen molar-refractivity contribution >= 4 is 11.8 Å². The van der Waals surface area contributed by atoms with Crippen LogP contribution in [0.2, 0.25) is 0 Å². The van der Waals surface area contributed by atoms with Gasteiger partial charge in [-0.3, -0.25) is 0 Å². The van der Waals surface area contributed by atoms with Crippen LogP contribution < -0.4 is 15.8 Å². The summed E-state index contributed by atoms with van der Waals surface area (Å²) in [6.45, 7) is 0. The summed E-state index contributed by atoms with van der Waals surface area (Å²) in [6.07, 6.45) is 3.52. The smallest absolute Gasteiger partial charge is 0.226 e. The molecule has 1 aromatic carbocycles. The second kappa shape index (κ2) is 4.76. The summed E-state index contributed by atoms with van der Waals surface area (Å²) < 4.78 is 5.76. The van der Waals surface area contributed by atoms with Crippen molar-refractivity contribution in [3.05, 3.63) is 35.4 Å². The molecule has 2 aromatic rings. The Balaban J connectivity index is 1.86. The van der Waals surface area contributed by atoms with Crippen LogP contribution >= 0.6 is 0 Å². The topological polar surface area (TPSA) is 73.1 Å². The largest absolute Gasteiger partial charge is 0.439 e. The number of aromatic nitrogens is 2. The van der Waals surface area contributed by atoms with Crippen molar-refractivity contribution in [3.63, 3.8) is 0 Å². The van der Waals surface area contributed by atoms with E-state index in [1.807, 2.05) is 6.07 Å². The molecule has 19 heavy (non-hydrogen) atoms. The van der Waals surface area contributed by atoms with Crippen LogP contribution in [0.15, 0.2) is 24.3 Å². The van der Waals surface area contributed by atoms with Crippen molar-refractivity contribution < 1.29 is 4.74 Å². The fraction of sp³-hybridized carbons (Fsp3) is 0.286. The zero-order valence-corrected chi connectivity index (χ0v) is 10.8. The van der Waals surface area contributed by atoms with Crippen LogP contribution in [0.25, 0.3) is 0 Å². The van der Waals surface area contributed by atoms with Gasteiger partial charge in [-0.1, -0.05) is 6.07 Å². The number of aryl methyl sites for hydroxylation is 2. The Kier molecular flexibility index (Phi) is 2.95. The van der Waals surface area contributed by atoms with Gasteiger partial charge >= 0.3 is 0 Å². The highest BCUT2D eigenvalue weighted by molar-refractivity contribution is 5.45. The quantitative estimate of drug-likeness (QED) is 0.882. The maximum atomic E-state index is 5.76. The van der Waals surface area contributed by atoms with Crippen molar-refractivity contribution in [2.24, 2.45) is 0 Å². The van der Waals surface area contributed by atoms with E-state index in [9.17, 15) is 0 Å². The van der Waals surface area contributed by atoms with E-state index >= 15 is 0 Å². The summed E-state index contributed by atoms with van der Waals surface area (Å²) >= 11 is 0. The summed E-state index contributed by atoms with van der Waals surface area (Å²) in [4.78, 5) is 8.10. The third-order valence-corrected chi connectivity index (χ3v) is 3.27. The Morgan fingerprint density at radius 3 is 2.84 bits per heavy atom. The molecular formula is C14H16N4O. The van der Waals surface area contributed by atoms with Gasteiger partial charge in [0.25, 0.3) is 0 Å². The number of rotatable bonds is 3. The first-order chi connectivity index (χ1) is 9.24.